The Morgan fingerprint density at radius 3 is 2.21 bits per heavy atom. The van der Waals surface area contributed by atoms with Gasteiger partial charge in [0.05, 0.1) is 20.3 Å². The zero-order chi connectivity index (χ0) is 30.2. The monoisotopic (exact) mass is 641 g/mol. The van der Waals surface area contributed by atoms with Crippen molar-refractivity contribution in [1.82, 2.24) is 5.32 Å². The number of halogens is 4. The Hall–Kier alpha value is -3.82. The van der Waals surface area contributed by atoms with Gasteiger partial charge in [0.1, 0.15) is 11.5 Å². The second kappa shape index (κ2) is 14.4. The van der Waals surface area contributed by atoms with E-state index in [9.17, 15) is 18.8 Å². The number of hydrogen-bond acceptors (Lipinski definition) is 4. The largest absolute Gasteiger partial charge is 0.325 e. The molecule has 0 bridgehead atoms. The molecule has 0 aliphatic carbocycles. The molecule has 0 aromatic heterocycles. The van der Waals surface area contributed by atoms with E-state index >= 15 is 0 Å². The minimum Gasteiger partial charge on any atom is -0.325 e. The summed E-state index contributed by atoms with van der Waals surface area (Å²) >= 11 is 19.4. The lowest BCUT2D eigenvalue weighted by molar-refractivity contribution is -0.115. The van der Waals surface area contributed by atoms with Crippen LogP contribution in [0.3, 0.4) is 0 Å². The van der Waals surface area contributed by atoms with Crippen LogP contribution in [0.5, 0.6) is 0 Å². The van der Waals surface area contributed by atoms with Gasteiger partial charge in [0.15, 0.2) is 0 Å². The first-order valence-electron chi connectivity index (χ1n) is 12.5. The molecule has 3 amide bonds. The van der Waals surface area contributed by atoms with E-state index < -0.39 is 22.9 Å². The number of carbonyl (C=O) groups is 3. The molecule has 4 aromatic carbocycles. The van der Waals surface area contributed by atoms with Crippen LogP contribution in [0.2, 0.25) is 15.1 Å². The summed E-state index contributed by atoms with van der Waals surface area (Å²) in [4.78, 5) is 39.7. The topological polar surface area (TPSA) is 87.3 Å². The zero-order valence-corrected chi connectivity index (χ0v) is 25.0. The summed E-state index contributed by atoms with van der Waals surface area (Å²) < 4.78 is 14.6. The Balaban J connectivity index is 1.51. The molecule has 0 radical (unpaired) electrons. The molecule has 0 spiro atoms. The highest BCUT2D eigenvalue weighted by Gasteiger charge is 2.19. The summed E-state index contributed by atoms with van der Waals surface area (Å²) in [5.74, 6) is -2.18. The van der Waals surface area contributed by atoms with Crippen molar-refractivity contribution in [1.29, 1.82) is 0 Å². The van der Waals surface area contributed by atoms with Gasteiger partial charge in [0, 0.05) is 27.4 Å². The number of amides is 3. The van der Waals surface area contributed by atoms with Crippen LogP contribution in [0.15, 0.2) is 102 Å². The second-order valence-corrected chi connectivity index (χ2v) is 11.5. The number of rotatable bonds is 9. The van der Waals surface area contributed by atoms with Gasteiger partial charge in [-0.15, -0.1) is 11.8 Å². The van der Waals surface area contributed by atoms with Crippen LogP contribution in [0.1, 0.15) is 22.8 Å². The molecule has 42 heavy (non-hydrogen) atoms. The average molecular weight is 643 g/mol. The molecule has 0 aliphatic rings. The first-order valence-corrected chi connectivity index (χ1v) is 14.5. The molecule has 0 saturated carbocycles. The van der Waals surface area contributed by atoms with Gasteiger partial charge in [-0.05, 0) is 73.7 Å². The molecule has 0 saturated heterocycles. The smallest absolute Gasteiger partial charge is 0.272 e. The summed E-state index contributed by atoms with van der Waals surface area (Å²) in [6.45, 7) is 1.74. The highest BCUT2D eigenvalue weighted by molar-refractivity contribution is 8.00. The number of hydrogen-bond donors (Lipinski definition) is 3. The fourth-order valence-corrected chi connectivity index (χ4v) is 5.10. The molecule has 4 rings (SSSR count). The SMILES string of the molecule is CC(Sc1cccc(NC(=O)/C(=C\c2c(F)cccc2Cl)NC(=O)c2ccccc2)c1)C(=O)Nc1ccc(Cl)c(Cl)c1. The number of carbonyl (C=O) groups excluding carboxylic acids is 3. The van der Waals surface area contributed by atoms with E-state index in [1.807, 2.05) is 0 Å². The van der Waals surface area contributed by atoms with Crippen LogP contribution >= 0.6 is 46.6 Å². The van der Waals surface area contributed by atoms with E-state index in [2.05, 4.69) is 16.0 Å². The van der Waals surface area contributed by atoms with Crippen LogP contribution < -0.4 is 16.0 Å². The molecular formula is C31H23Cl3FN3O3S. The summed E-state index contributed by atoms with van der Waals surface area (Å²) in [5.41, 5.74) is 0.936. The molecule has 214 valence electrons. The van der Waals surface area contributed by atoms with Gasteiger partial charge in [0.25, 0.3) is 11.8 Å². The van der Waals surface area contributed by atoms with E-state index in [4.69, 9.17) is 34.8 Å². The normalized spacial score (nSPS) is 11.9. The van der Waals surface area contributed by atoms with Crippen LogP contribution in [-0.2, 0) is 9.59 Å². The van der Waals surface area contributed by atoms with Crippen molar-refractivity contribution in [2.45, 2.75) is 17.1 Å². The van der Waals surface area contributed by atoms with Crippen molar-refractivity contribution in [2.24, 2.45) is 0 Å². The lowest BCUT2D eigenvalue weighted by atomic mass is 10.1. The first-order chi connectivity index (χ1) is 20.1. The van der Waals surface area contributed by atoms with Crippen molar-refractivity contribution in [3.8, 4) is 0 Å². The van der Waals surface area contributed by atoms with E-state index in [0.29, 0.717) is 31.9 Å². The minimum absolute atomic E-state index is 0.0520. The Bertz CT molecular complexity index is 1650. The third-order valence-corrected chi connectivity index (χ3v) is 7.94. The molecular weight excluding hydrogens is 620 g/mol. The number of anilines is 2. The predicted molar refractivity (Wildman–Crippen MR) is 169 cm³/mol. The van der Waals surface area contributed by atoms with E-state index in [0.717, 1.165) is 0 Å². The molecule has 6 nitrogen and oxygen atoms in total. The summed E-state index contributed by atoms with van der Waals surface area (Å²) in [6.07, 6.45) is 1.18. The van der Waals surface area contributed by atoms with Gasteiger partial charge in [-0.1, -0.05) is 65.1 Å². The fourth-order valence-electron chi connectivity index (χ4n) is 3.66. The first kappa shape index (κ1) is 31.1. The highest BCUT2D eigenvalue weighted by Crippen LogP contribution is 2.29. The molecule has 1 atom stereocenters. The van der Waals surface area contributed by atoms with Crippen molar-refractivity contribution >= 4 is 81.7 Å². The van der Waals surface area contributed by atoms with Crippen LogP contribution in [0, 0.1) is 5.82 Å². The minimum atomic E-state index is -0.703. The van der Waals surface area contributed by atoms with Crippen LogP contribution in [-0.4, -0.2) is 23.0 Å². The standard InChI is InChI=1S/C31H23Cl3FN3O3S/c1-18(29(39)36-21-13-14-25(33)26(34)16-21)42-22-10-5-9-20(15-22)37-31(41)28(17-23-24(32)11-6-12-27(23)35)38-30(40)19-7-3-2-4-8-19/h2-18H,1H3,(H,36,39)(H,37,41)(H,38,40)/b28-17+. The number of nitrogens with one attached hydrogen (secondary N) is 3. The maximum atomic E-state index is 14.6. The van der Waals surface area contributed by atoms with Crippen molar-refractivity contribution in [3.05, 3.63) is 129 Å². The van der Waals surface area contributed by atoms with Crippen molar-refractivity contribution in [3.63, 3.8) is 0 Å². The third kappa shape index (κ3) is 8.36. The Kier molecular flexibility index (Phi) is 10.7. The third-order valence-electron chi connectivity index (χ3n) is 5.78. The predicted octanol–water partition coefficient (Wildman–Crippen LogP) is 8.31. The molecule has 4 aromatic rings. The summed E-state index contributed by atoms with van der Waals surface area (Å²) in [6, 6.07) is 24.0. The fraction of sp³-hybridized carbons (Fsp3) is 0.0645. The van der Waals surface area contributed by atoms with Crippen LogP contribution in [0.4, 0.5) is 15.8 Å². The van der Waals surface area contributed by atoms with Crippen molar-refractivity contribution < 1.29 is 18.8 Å². The molecule has 11 heteroatoms. The molecule has 3 N–H and O–H groups in total. The Morgan fingerprint density at radius 2 is 1.50 bits per heavy atom. The molecule has 0 fully saturated rings. The molecule has 0 heterocycles. The molecule has 1 unspecified atom stereocenters. The maximum absolute atomic E-state index is 14.6. The van der Waals surface area contributed by atoms with E-state index in [-0.39, 0.29) is 22.2 Å². The second-order valence-electron chi connectivity index (χ2n) is 8.87. The maximum Gasteiger partial charge on any atom is 0.272 e. The number of benzene rings is 4. The van der Waals surface area contributed by atoms with E-state index in [1.165, 1.54) is 36.0 Å². The van der Waals surface area contributed by atoms with Gasteiger partial charge in [-0.3, -0.25) is 14.4 Å². The Labute approximate surface area is 261 Å². The van der Waals surface area contributed by atoms with Gasteiger partial charge >= 0.3 is 0 Å². The lowest BCUT2D eigenvalue weighted by Gasteiger charge is -2.14. The lowest BCUT2D eigenvalue weighted by Crippen LogP contribution is -2.30. The van der Waals surface area contributed by atoms with Crippen molar-refractivity contribution in [2.75, 3.05) is 10.6 Å². The van der Waals surface area contributed by atoms with E-state index in [1.54, 1.807) is 79.7 Å². The quantitative estimate of drug-likeness (QED) is 0.127. The van der Waals surface area contributed by atoms with Gasteiger partial charge in [-0.2, -0.15) is 0 Å². The highest BCUT2D eigenvalue weighted by atomic mass is 35.5. The number of thioether (sulfide) groups is 1. The molecule has 0 aliphatic heterocycles. The Morgan fingerprint density at radius 1 is 0.786 bits per heavy atom. The average Bonchev–Trinajstić information content (AvgIpc) is 2.97. The summed E-state index contributed by atoms with van der Waals surface area (Å²) in [7, 11) is 0. The van der Waals surface area contributed by atoms with Gasteiger partial charge in [-0.25, -0.2) is 4.39 Å². The van der Waals surface area contributed by atoms with Gasteiger partial charge < -0.3 is 16.0 Å². The van der Waals surface area contributed by atoms with Crippen LogP contribution in [0.25, 0.3) is 6.08 Å². The van der Waals surface area contributed by atoms with Gasteiger partial charge in [0.2, 0.25) is 5.91 Å². The summed E-state index contributed by atoms with van der Waals surface area (Å²) in [5, 5.41) is 8.34. The zero-order valence-electron chi connectivity index (χ0n) is 22.0.